The molecule has 0 saturated carbocycles. The number of aliphatic hydroxyl groups excluding tert-OH is 3. The van der Waals surface area contributed by atoms with Crippen LogP contribution >= 0.6 is 0 Å². The number of rotatable bonds is 2. The van der Waals surface area contributed by atoms with E-state index in [2.05, 4.69) is 31.2 Å². The molecule has 5 atom stereocenters. The third-order valence-electron chi connectivity index (χ3n) is 5.43. The molecule has 0 unspecified atom stereocenters. The van der Waals surface area contributed by atoms with Gasteiger partial charge in [-0.2, -0.15) is 0 Å². The van der Waals surface area contributed by atoms with Gasteiger partial charge in [0.05, 0.1) is 12.7 Å². The van der Waals surface area contributed by atoms with Gasteiger partial charge in [-0.05, 0) is 43.0 Å². The van der Waals surface area contributed by atoms with Gasteiger partial charge in [0.25, 0.3) is 0 Å². The van der Waals surface area contributed by atoms with Crippen molar-refractivity contribution in [3.8, 4) is 0 Å². The monoisotopic (exact) mass is 356 g/mol. The Morgan fingerprint density at radius 2 is 1.69 bits per heavy atom. The van der Waals surface area contributed by atoms with Crippen molar-refractivity contribution in [2.75, 3.05) is 0 Å². The van der Waals surface area contributed by atoms with Crippen LogP contribution in [0.4, 0.5) is 0 Å². The standard InChI is InChI=1S/C21H24O5/c1-12-3-5-14(6-4-12)9-15-7-8-16-11-25-21(17(16)10-15)20(24)19(23)18(22)13(2)26-21/h3-8,10,13,18-20,22-24H,9,11H2,1-2H3/t13-,18-,19+,20-,21+/m1/s1. The van der Waals surface area contributed by atoms with Gasteiger partial charge < -0.3 is 24.8 Å². The van der Waals surface area contributed by atoms with Crippen LogP contribution < -0.4 is 0 Å². The minimum atomic E-state index is -1.43. The maximum Gasteiger partial charge on any atom is 0.225 e. The highest BCUT2D eigenvalue weighted by molar-refractivity contribution is 5.41. The molecule has 5 nitrogen and oxygen atoms in total. The molecule has 4 rings (SSSR count). The van der Waals surface area contributed by atoms with Crippen molar-refractivity contribution >= 4 is 0 Å². The Balaban J connectivity index is 1.68. The fraction of sp³-hybridized carbons (Fsp3) is 0.429. The van der Waals surface area contributed by atoms with Crippen molar-refractivity contribution in [2.24, 2.45) is 0 Å². The summed E-state index contributed by atoms with van der Waals surface area (Å²) in [5, 5.41) is 30.8. The van der Waals surface area contributed by atoms with E-state index in [1.54, 1.807) is 6.92 Å². The summed E-state index contributed by atoms with van der Waals surface area (Å²) in [6.07, 6.45) is -3.74. The first kappa shape index (κ1) is 17.6. The molecule has 0 bridgehead atoms. The number of hydrogen-bond donors (Lipinski definition) is 3. The number of fused-ring (bicyclic) bond motifs is 2. The van der Waals surface area contributed by atoms with Crippen molar-refractivity contribution in [1.82, 2.24) is 0 Å². The lowest BCUT2D eigenvalue weighted by Gasteiger charge is -2.45. The summed E-state index contributed by atoms with van der Waals surface area (Å²) in [5.74, 6) is -1.43. The van der Waals surface area contributed by atoms with Crippen molar-refractivity contribution in [2.45, 2.75) is 57.1 Å². The first-order valence-electron chi connectivity index (χ1n) is 8.94. The van der Waals surface area contributed by atoms with E-state index in [4.69, 9.17) is 9.47 Å². The summed E-state index contributed by atoms with van der Waals surface area (Å²) in [4.78, 5) is 0. The van der Waals surface area contributed by atoms with E-state index in [-0.39, 0.29) is 0 Å². The molecule has 0 radical (unpaired) electrons. The summed E-state index contributed by atoms with van der Waals surface area (Å²) in [7, 11) is 0. The molecule has 138 valence electrons. The third kappa shape index (κ3) is 2.76. The maximum absolute atomic E-state index is 10.6. The van der Waals surface area contributed by atoms with Crippen molar-refractivity contribution in [3.63, 3.8) is 0 Å². The topological polar surface area (TPSA) is 79.2 Å². The highest BCUT2D eigenvalue weighted by Gasteiger charge is 2.57. The molecule has 3 N–H and O–H groups in total. The van der Waals surface area contributed by atoms with Crippen molar-refractivity contribution in [1.29, 1.82) is 0 Å². The van der Waals surface area contributed by atoms with Gasteiger partial charge in [0.1, 0.15) is 18.3 Å². The van der Waals surface area contributed by atoms with Crippen molar-refractivity contribution in [3.05, 3.63) is 70.3 Å². The number of aryl methyl sites for hydroxylation is 1. The molecule has 0 aromatic heterocycles. The van der Waals surface area contributed by atoms with E-state index in [0.717, 1.165) is 23.1 Å². The third-order valence-corrected chi connectivity index (χ3v) is 5.43. The van der Waals surface area contributed by atoms with Gasteiger partial charge in [-0.25, -0.2) is 0 Å². The smallest absolute Gasteiger partial charge is 0.225 e. The predicted octanol–water partition coefficient (Wildman–Crippen LogP) is 1.77. The first-order valence-corrected chi connectivity index (χ1v) is 8.94. The van der Waals surface area contributed by atoms with E-state index in [9.17, 15) is 15.3 Å². The lowest BCUT2D eigenvalue weighted by Crippen LogP contribution is -2.62. The molecule has 2 aromatic rings. The molecular formula is C21H24O5. The van der Waals surface area contributed by atoms with Crippen LogP contribution in [0.25, 0.3) is 0 Å². The fourth-order valence-electron chi connectivity index (χ4n) is 3.84. The van der Waals surface area contributed by atoms with Crippen LogP contribution in [0.3, 0.4) is 0 Å². The number of ether oxygens (including phenoxy) is 2. The van der Waals surface area contributed by atoms with Gasteiger partial charge >= 0.3 is 0 Å². The fourth-order valence-corrected chi connectivity index (χ4v) is 3.84. The lowest BCUT2D eigenvalue weighted by molar-refractivity contribution is -0.362. The van der Waals surface area contributed by atoms with Gasteiger partial charge in [0.2, 0.25) is 5.79 Å². The SMILES string of the molecule is Cc1ccc(Cc2ccc3c(c2)[C@]2(OC3)O[C@H](C)[C@@H](O)[C@H](O)[C@H]2O)cc1. The highest BCUT2D eigenvalue weighted by Crippen LogP contribution is 2.46. The quantitative estimate of drug-likeness (QED) is 0.764. The number of hydrogen-bond acceptors (Lipinski definition) is 5. The van der Waals surface area contributed by atoms with Gasteiger partial charge in [0.15, 0.2) is 0 Å². The van der Waals surface area contributed by atoms with E-state index < -0.39 is 30.2 Å². The zero-order valence-electron chi connectivity index (χ0n) is 14.9. The Bertz CT molecular complexity index is 803. The van der Waals surface area contributed by atoms with Crippen LogP contribution in [-0.4, -0.2) is 39.7 Å². The van der Waals surface area contributed by atoms with E-state index in [1.165, 1.54) is 11.1 Å². The lowest BCUT2D eigenvalue weighted by atomic mass is 9.86. The zero-order valence-corrected chi connectivity index (χ0v) is 14.9. The van der Waals surface area contributed by atoms with Gasteiger partial charge in [-0.15, -0.1) is 0 Å². The molecule has 5 heteroatoms. The second-order valence-electron chi connectivity index (χ2n) is 7.36. The first-order chi connectivity index (χ1) is 12.4. The van der Waals surface area contributed by atoms with Crippen LogP contribution in [0.15, 0.2) is 42.5 Å². The highest BCUT2D eigenvalue weighted by atomic mass is 16.7. The molecule has 2 heterocycles. The van der Waals surface area contributed by atoms with E-state index in [1.807, 2.05) is 18.2 Å². The maximum atomic E-state index is 10.6. The minimum Gasteiger partial charge on any atom is -0.388 e. The molecule has 0 aliphatic carbocycles. The molecule has 2 aliphatic rings. The molecule has 0 amide bonds. The molecule has 1 spiro atoms. The van der Waals surface area contributed by atoms with Gasteiger partial charge in [-0.1, -0.05) is 42.0 Å². The Hall–Kier alpha value is -1.76. The second-order valence-corrected chi connectivity index (χ2v) is 7.36. The molecular weight excluding hydrogens is 332 g/mol. The van der Waals surface area contributed by atoms with Crippen LogP contribution in [0, 0.1) is 6.92 Å². The van der Waals surface area contributed by atoms with Crippen LogP contribution in [0.2, 0.25) is 0 Å². The molecule has 2 aromatic carbocycles. The molecule has 1 saturated heterocycles. The summed E-state index contributed by atoms with van der Waals surface area (Å²) in [6.45, 7) is 4.02. The summed E-state index contributed by atoms with van der Waals surface area (Å²) in [5.41, 5.74) is 5.13. The van der Waals surface area contributed by atoms with Gasteiger partial charge in [-0.3, -0.25) is 0 Å². The average Bonchev–Trinajstić information content (AvgIpc) is 2.99. The molecule has 2 aliphatic heterocycles. The minimum absolute atomic E-state index is 0.298. The Labute approximate surface area is 152 Å². The summed E-state index contributed by atoms with van der Waals surface area (Å²) in [6, 6.07) is 14.4. The summed E-state index contributed by atoms with van der Waals surface area (Å²) >= 11 is 0. The Morgan fingerprint density at radius 1 is 1.00 bits per heavy atom. The number of benzene rings is 2. The van der Waals surface area contributed by atoms with Crippen LogP contribution in [0.1, 0.15) is 34.7 Å². The molecule has 26 heavy (non-hydrogen) atoms. The predicted molar refractivity (Wildman–Crippen MR) is 95.5 cm³/mol. The Kier molecular flexibility index (Phi) is 4.37. The Morgan fingerprint density at radius 3 is 2.42 bits per heavy atom. The van der Waals surface area contributed by atoms with E-state index >= 15 is 0 Å². The van der Waals surface area contributed by atoms with E-state index in [0.29, 0.717) is 6.61 Å². The zero-order chi connectivity index (χ0) is 18.5. The average molecular weight is 356 g/mol. The normalized spacial score (nSPS) is 33.4. The largest absolute Gasteiger partial charge is 0.388 e. The van der Waals surface area contributed by atoms with Gasteiger partial charge in [0, 0.05) is 5.56 Å². The number of aliphatic hydroxyl groups is 3. The molecule has 1 fully saturated rings. The van der Waals surface area contributed by atoms with Crippen molar-refractivity contribution < 1.29 is 24.8 Å². The van der Waals surface area contributed by atoms with Crippen LogP contribution in [-0.2, 0) is 28.3 Å². The second kappa shape index (κ2) is 6.44. The van der Waals surface area contributed by atoms with Crippen LogP contribution in [0.5, 0.6) is 0 Å². The summed E-state index contributed by atoms with van der Waals surface area (Å²) < 4.78 is 11.7.